The minimum Gasteiger partial charge on any atom is -0.395 e. The van der Waals surface area contributed by atoms with Crippen molar-refractivity contribution in [1.29, 1.82) is 0 Å². The summed E-state index contributed by atoms with van der Waals surface area (Å²) in [5, 5.41) is 19.1. The molecule has 4 rings (SSSR count). The van der Waals surface area contributed by atoms with Gasteiger partial charge in [-0.05, 0) is 30.9 Å². The molecule has 2 aromatic rings. The number of aromatic nitrogens is 4. The molecular weight excluding hydrogens is 452 g/mol. The SMILES string of the molecule is CC[C@H]1S[C@@H](n2ccc(N)nc2=O)C[C@@H]1C.Nc1ccn([C@H]2C[C@H](O)[C@@H](CO)S2)c(=O)n1. The molecule has 6 atom stereocenters. The van der Waals surface area contributed by atoms with Crippen LogP contribution in [0.2, 0.25) is 0 Å². The molecule has 0 spiro atoms. The maximum absolute atomic E-state index is 11.7. The number of anilines is 2. The molecule has 0 bridgehead atoms. The Hall–Kier alpha value is -2.02. The maximum Gasteiger partial charge on any atom is 0.350 e. The van der Waals surface area contributed by atoms with Gasteiger partial charge in [0.05, 0.1) is 28.7 Å². The van der Waals surface area contributed by atoms with Crippen LogP contribution in [0.25, 0.3) is 0 Å². The molecule has 12 heteroatoms. The van der Waals surface area contributed by atoms with Crippen molar-refractivity contribution in [3.63, 3.8) is 0 Å². The van der Waals surface area contributed by atoms with Gasteiger partial charge >= 0.3 is 11.4 Å². The predicted molar refractivity (Wildman–Crippen MR) is 128 cm³/mol. The zero-order valence-electron chi connectivity index (χ0n) is 18.1. The van der Waals surface area contributed by atoms with Crippen molar-refractivity contribution in [3.05, 3.63) is 45.5 Å². The second kappa shape index (κ2) is 10.7. The molecule has 32 heavy (non-hydrogen) atoms. The third-order valence-electron chi connectivity index (χ3n) is 5.65. The fraction of sp³-hybridized carbons (Fsp3) is 0.600. The highest BCUT2D eigenvalue weighted by Gasteiger charge is 2.35. The third-order valence-corrected chi connectivity index (χ3v) is 9.08. The Morgan fingerprint density at radius 1 is 1.00 bits per heavy atom. The molecule has 0 saturated carbocycles. The number of aliphatic hydroxyl groups excluding tert-OH is 2. The van der Waals surface area contributed by atoms with E-state index >= 15 is 0 Å². The van der Waals surface area contributed by atoms with E-state index < -0.39 is 11.8 Å². The van der Waals surface area contributed by atoms with Gasteiger partial charge in [-0.2, -0.15) is 9.97 Å². The quantitative estimate of drug-likeness (QED) is 0.495. The molecule has 176 valence electrons. The first-order chi connectivity index (χ1) is 15.2. The van der Waals surface area contributed by atoms with Crippen molar-refractivity contribution in [3.8, 4) is 0 Å². The monoisotopic (exact) mass is 482 g/mol. The van der Waals surface area contributed by atoms with E-state index in [1.54, 1.807) is 29.1 Å². The van der Waals surface area contributed by atoms with E-state index in [0.29, 0.717) is 23.4 Å². The molecule has 0 aliphatic carbocycles. The summed E-state index contributed by atoms with van der Waals surface area (Å²) in [6, 6.07) is 3.23. The lowest BCUT2D eigenvalue weighted by molar-refractivity contribution is 0.137. The van der Waals surface area contributed by atoms with E-state index in [-0.39, 0.29) is 34.1 Å². The second-order valence-electron chi connectivity index (χ2n) is 7.95. The first-order valence-electron chi connectivity index (χ1n) is 10.5. The molecule has 0 aromatic carbocycles. The summed E-state index contributed by atoms with van der Waals surface area (Å²) in [7, 11) is 0. The van der Waals surface area contributed by atoms with Gasteiger partial charge in [-0.25, -0.2) is 9.59 Å². The van der Waals surface area contributed by atoms with Gasteiger partial charge in [-0.15, -0.1) is 23.5 Å². The van der Waals surface area contributed by atoms with Gasteiger partial charge in [0.25, 0.3) is 0 Å². The summed E-state index contributed by atoms with van der Waals surface area (Å²) in [5.41, 5.74) is 10.2. The van der Waals surface area contributed by atoms with Gasteiger partial charge < -0.3 is 21.7 Å². The van der Waals surface area contributed by atoms with E-state index in [4.69, 9.17) is 16.6 Å². The van der Waals surface area contributed by atoms with Crippen LogP contribution in [-0.2, 0) is 0 Å². The zero-order chi connectivity index (χ0) is 23.4. The highest BCUT2D eigenvalue weighted by atomic mass is 32.2. The predicted octanol–water partition coefficient (Wildman–Crippen LogP) is 1.06. The van der Waals surface area contributed by atoms with Crippen molar-refractivity contribution in [2.75, 3.05) is 18.1 Å². The molecule has 2 aliphatic heterocycles. The van der Waals surface area contributed by atoms with E-state index in [1.807, 2.05) is 11.8 Å². The number of hydrogen-bond donors (Lipinski definition) is 4. The van der Waals surface area contributed by atoms with Crippen LogP contribution in [0.1, 0.15) is 43.9 Å². The number of nitrogen functional groups attached to an aromatic ring is 2. The van der Waals surface area contributed by atoms with Crippen molar-refractivity contribution >= 4 is 35.2 Å². The Kier molecular flexibility index (Phi) is 8.26. The Bertz CT molecular complexity index is 950. The zero-order valence-corrected chi connectivity index (χ0v) is 19.7. The van der Waals surface area contributed by atoms with Crippen LogP contribution in [0.3, 0.4) is 0 Å². The molecule has 2 saturated heterocycles. The lowest BCUT2D eigenvalue weighted by Crippen LogP contribution is -2.25. The summed E-state index contributed by atoms with van der Waals surface area (Å²) in [4.78, 5) is 30.6. The number of rotatable bonds is 4. The minimum absolute atomic E-state index is 0.0977. The molecule has 2 aliphatic rings. The first-order valence-corrected chi connectivity index (χ1v) is 12.4. The highest BCUT2D eigenvalue weighted by molar-refractivity contribution is 8.00. The molecule has 0 radical (unpaired) electrons. The number of nitrogens with zero attached hydrogens (tertiary/aromatic N) is 4. The van der Waals surface area contributed by atoms with E-state index in [1.165, 1.54) is 16.3 Å². The van der Waals surface area contributed by atoms with Crippen LogP contribution >= 0.6 is 23.5 Å². The highest BCUT2D eigenvalue weighted by Crippen LogP contribution is 2.45. The third kappa shape index (κ3) is 5.66. The lowest BCUT2D eigenvalue weighted by Gasteiger charge is -2.12. The molecular formula is C20H30N6O4S2. The Labute approximate surface area is 194 Å². The van der Waals surface area contributed by atoms with Gasteiger partial charge in [-0.3, -0.25) is 9.13 Å². The molecule has 10 nitrogen and oxygen atoms in total. The van der Waals surface area contributed by atoms with Gasteiger partial charge in [0.2, 0.25) is 0 Å². The molecule has 6 N–H and O–H groups in total. The Morgan fingerprint density at radius 3 is 1.91 bits per heavy atom. The van der Waals surface area contributed by atoms with Crippen LogP contribution in [0, 0.1) is 5.92 Å². The van der Waals surface area contributed by atoms with Crippen molar-refractivity contribution in [2.24, 2.45) is 5.92 Å². The van der Waals surface area contributed by atoms with Gasteiger partial charge in [-0.1, -0.05) is 13.8 Å². The Morgan fingerprint density at radius 2 is 1.50 bits per heavy atom. The lowest BCUT2D eigenvalue weighted by atomic mass is 10.0. The summed E-state index contributed by atoms with van der Waals surface area (Å²) in [6.45, 7) is 4.34. The average molecular weight is 483 g/mol. The smallest absolute Gasteiger partial charge is 0.350 e. The maximum atomic E-state index is 11.7. The van der Waals surface area contributed by atoms with E-state index in [2.05, 4.69) is 23.8 Å². The Balaban J connectivity index is 0.000000181. The fourth-order valence-electron chi connectivity index (χ4n) is 3.88. The largest absolute Gasteiger partial charge is 0.395 e. The van der Waals surface area contributed by atoms with Crippen LogP contribution < -0.4 is 22.8 Å². The summed E-state index contributed by atoms with van der Waals surface area (Å²) >= 11 is 3.25. The molecule has 2 fully saturated rings. The van der Waals surface area contributed by atoms with Crippen LogP contribution in [0.15, 0.2) is 34.1 Å². The number of thioether (sulfide) groups is 2. The van der Waals surface area contributed by atoms with Crippen molar-refractivity contribution < 1.29 is 10.2 Å². The topological polar surface area (TPSA) is 162 Å². The molecule has 0 amide bonds. The van der Waals surface area contributed by atoms with Gasteiger partial charge in [0.15, 0.2) is 0 Å². The van der Waals surface area contributed by atoms with Crippen molar-refractivity contribution in [1.82, 2.24) is 19.1 Å². The van der Waals surface area contributed by atoms with Gasteiger partial charge in [0, 0.05) is 24.1 Å². The van der Waals surface area contributed by atoms with Crippen LogP contribution in [0.4, 0.5) is 11.6 Å². The van der Waals surface area contributed by atoms with E-state index in [9.17, 15) is 14.7 Å². The van der Waals surface area contributed by atoms with E-state index in [0.717, 1.165) is 12.8 Å². The molecule has 0 unspecified atom stereocenters. The van der Waals surface area contributed by atoms with Gasteiger partial charge in [0.1, 0.15) is 11.6 Å². The molecule has 2 aromatic heterocycles. The minimum atomic E-state index is -0.593. The second-order valence-corrected chi connectivity index (χ2v) is 10.8. The summed E-state index contributed by atoms with van der Waals surface area (Å²) < 4.78 is 3.13. The number of hydrogen-bond acceptors (Lipinski definition) is 10. The number of aliphatic hydroxyl groups is 2. The molecule has 4 heterocycles. The van der Waals surface area contributed by atoms with Crippen molar-refractivity contribution in [2.45, 2.75) is 60.5 Å². The summed E-state index contributed by atoms with van der Waals surface area (Å²) in [5.74, 6) is 1.14. The summed E-state index contributed by atoms with van der Waals surface area (Å²) in [6.07, 6.45) is 5.35. The fourth-order valence-corrected chi connectivity index (χ4v) is 6.94. The first kappa shape index (κ1) is 24.6. The normalized spacial score (nSPS) is 29.5. The number of nitrogens with two attached hydrogens (primary N) is 2. The average Bonchev–Trinajstić information content (AvgIpc) is 3.30. The van der Waals surface area contributed by atoms with Crippen LogP contribution in [-0.4, -0.2) is 52.5 Å². The van der Waals surface area contributed by atoms with Crippen LogP contribution in [0.5, 0.6) is 0 Å². The standard InChI is InChI=1S/C11H17N3OS.C9H13N3O3S/c1-3-8-7(2)6-10(16-8)14-5-4-9(12)13-11(14)15;10-7-1-2-12(9(15)11-7)8-3-5(14)6(4-13)16-8/h4-5,7-8,10H,3,6H2,1-2H3,(H2,12,13,15);1-2,5-6,8,13-14H,3-4H2,(H2,10,11,15)/t7-,8+,10+;5-,6+,8+/m00/s1.